The SMILES string of the molecule is C=CC(=O)OCCOCCN(C(C)C)C(C)C. The van der Waals surface area contributed by atoms with Crippen LogP contribution in [0.3, 0.4) is 0 Å². The van der Waals surface area contributed by atoms with E-state index in [1.165, 1.54) is 0 Å². The van der Waals surface area contributed by atoms with Crippen molar-refractivity contribution in [2.24, 2.45) is 0 Å². The van der Waals surface area contributed by atoms with Gasteiger partial charge in [0.15, 0.2) is 0 Å². The summed E-state index contributed by atoms with van der Waals surface area (Å²) in [5.74, 6) is -0.403. The molecule has 17 heavy (non-hydrogen) atoms. The van der Waals surface area contributed by atoms with Gasteiger partial charge in [-0.3, -0.25) is 4.90 Å². The maximum atomic E-state index is 10.7. The summed E-state index contributed by atoms with van der Waals surface area (Å²) >= 11 is 0. The van der Waals surface area contributed by atoms with E-state index in [0.29, 0.717) is 25.3 Å². The second-order valence-electron chi connectivity index (χ2n) is 4.41. The van der Waals surface area contributed by atoms with Gasteiger partial charge in [-0.1, -0.05) is 6.58 Å². The highest BCUT2D eigenvalue weighted by Crippen LogP contribution is 2.03. The summed E-state index contributed by atoms with van der Waals surface area (Å²) in [5.41, 5.74) is 0. The molecule has 0 bridgehead atoms. The van der Waals surface area contributed by atoms with Crippen molar-refractivity contribution in [2.75, 3.05) is 26.4 Å². The van der Waals surface area contributed by atoms with Crippen LogP contribution in [0.4, 0.5) is 0 Å². The molecule has 0 saturated carbocycles. The van der Waals surface area contributed by atoms with Crippen molar-refractivity contribution in [3.8, 4) is 0 Å². The molecule has 0 saturated heterocycles. The van der Waals surface area contributed by atoms with Crippen LogP contribution in [0.2, 0.25) is 0 Å². The fourth-order valence-electron chi connectivity index (χ4n) is 1.64. The molecule has 0 atom stereocenters. The molecular weight excluding hydrogens is 218 g/mol. The molecule has 0 aliphatic carbocycles. The second kappa shape index (κ2) is 9.19. The van der Waals surface area contributed by atoms with Crippen LogP contribution in [0.5, 0.6) is 0 Å². The lowest BCUT2D eigenvalue weighted by Crippen LogP contribution is -2.39. The Morgan fingerprint density at radius 2 is 1.76 bits per heavy atom. The van der Waals surface area contributed by atoms with Gasteiger partial charge in [0.25, 0.3) is 0 Å². The molecule has 0 aliphatic rings. The normalized spacial score (nSPS) is 11.2. The zero-order chi connectivity index (χ0) is 13.3. The van der Waals surface area contributed by atoms with Crippen LogP contribution in [-0.4, -0.2) is 49.3 Å². The Morgan fingerprint density at radius 1 is 1.18 bits per heavy atom. The quantitative estimate of drug-likeness (QED) is 0.352. The van der Waals surface area contributed by atoms with Crippen molar-refractivity contribution in [3.63, 3.8) is 0 Å². The Bertz CT molecular complexity index is 219. The van der Waals surface area contributed by atoms with E-state index in [0.717, 1.165) is 12.6 Å². The Kier molecular flexibility index (Phi) is 8.72. The Labute approximate surface area is 105 Å². The number of rotatable bonds is 9. The van der Waals surface area contributed by atoms with Gasteiger partial charge in [-0.15, -0.1) is 0 Å². The summed E-state index contributed by atoms with van der Waals surface area (Å²) in [6.45, 7) is 14.3. The lowest BCUT2D eigenvalue weighted by atomic mass is 10.2. The maximum absolute atomic E-state index is 10.7. The third-order valence-corrected chi connectivity index (χ3v) is 2.46. The monoisotopic (exact) mass is 243 g/mol. The highest BCUT2D eigenvalue weighted by Gasteiger charge is 2.12. The molecule has 0 rings (SSSR count). The van der Waals surface area contributed by atoms with Gasteiger partial charge in [0.05, 0.1) is 13.2 Å². The molecule has 0 unspecified atom stereocenters. The van der Waals surface area contributed by atoms with Crippen LogP contribution < -0.4 is 0 Å². The van der Waals surface area contributed by atoms with Crippen molar-refractivity contribution in [1.82, 2.24) is 4.90 Å². The van der Waals surface area contributed by atoms with Crippen molar-refractivity contribution < 1.29 is 14.3 Å². The zero-order valence-corrected chi connectivity index (χ0v) is 11.4. The van der Waals surface area contributed by atoms with Gasteiger partial charge in [0.2, 0.25) is 0 Å². The standard InChI is InChI=1S/C13H25NO3/c1-6-13(15)17-10-9-16-8-7-14(11(2)3)12(4)5/h6,11-12H,1,7-10H2,2-5H3. The topological polar surface area (TPSA) is 38.8 Å². The third kappa shape index (κ3) is 7.94. The van der Waals surface area contributed by atoms with E-state index in [1.807, 2.05) is 0 Å². The van der Waals surface area contributed by atoms with Crippen molar-refractivity contribution in [2.45, 2.75) is 39.8 Å². The molecule has 100 valence electrons. The van der Waals surface area contributed by atoms with Crippen molar-refractivity contribution in [3.05, 3.63) is 12.7 Å². The van der Waals surface area contributed by atoms with E-state index >= 15 is 0 Å². The highest BCUT2D eigenvalue weighted by molar-refractivity contribution is 5.81. The minimum Gasteiger partial charge on any atom is -0.460 e. The van der Waals surface area contributed by atoms with Gasteiger partial charge in [0.1, 0.15) is 6.61 Å². The van der Waals surface area contributed by atoms with Crippen LogP contribution >= 0.6 is 0 Å². The highest BCUT2D eigenvalue weighted by atomic mass is 16.6. The predicted octanol–water partition coefficient (Wildman–Crippen LogP) is 1.85. The fraction of sp³-hybridized carbons (Fsp3) is 0.769. The van der Waals surface area contributed by atoms with E-state index in [-0.39, 0.29) is 6.61 Å². The van der Waals surface area contributed by atoms with Gasteiger partial charge in [-0.25, -0.2) is 4.79 Å². The lowest BCUT2D eigenvalue weighted by Gasteiger charge is -2.30. The number of hydrogen-bond donors (Lipinski definition) is 0. The molecule has 0 spiro atoms. The zero-order valence-electron chi connectivity index (χ0n) is 11.4. The summed E-state index contributed by atoms with van der Waals surface area (Å²) in [7, 11) is 0. The molecule has 4 heteroatoms. The van der Waals surface area contributed by atoms with E-state index in [4.69, 9.17) is 9.47 Å². The number of ether oxygens (including phenoxy) is 2. The summed E-state index contributed by atoms with van der Waals surface area (Å²) in [5, 5.41) is 0. The molecule has 0 N–H and O–H groups in total. The first kappa shape index (κ1) is 16.1. The smallest absolute Gasteiger partial charge is 0.330 e. The minimum atomic E-state index is -0.403. The van der Waals surface area contributed by atoms with Crippen LogP contribution in [-0.2, 0) is 14.3 Å². The van der Waals surface area contributed by atoms with Crippen molar-refractivity contribution in [1.29, 1.82) is 0 Å². The van der Waals surface area contributed by atoms with Crippen molar-refractivity contribution >= 4 is 5.97 Å². The van der Waals surface area contributed by atoms with Gasteiger partial charge >= 0.3 is 5.97 Å². The number of carbonyl (C=O) groups excluding carboxylic acids is 1. The fourth-order valence-corrected chi connectivity index (χ4v) is 1.64. The first-order chi connectivity index (χ1) is 7.99. The van der Waals surface area contributed by atoms with Gasteiger partial charge in [-0.2, -0.15) is 0 Å². The molecule has 4 nitrogen and oxygen atoms in total. The minimum absolute atomic E-state index is 0.286. The summed E-state index contributed by atoms with van der Waals surface area (Å²) < 4.78 is 10.2. The molecular formula is C13H25NO3. The summed E-state index contributed by atoms with van der Waals surface area (Å²) in [6, 6.07) is 1.02. The first-order valence-electron chi connectivity index (χ1n) is 6.11. The Balaban J connectivity index is 3.55. The van der Waals surface area contributed by atoms with E-state index in [2.05, 4.69) is 39.2 Å². The molecule has 0 heterocycles. The van der Waals surface area contributed by atoms with Gasteiger partial charge < -0.3 is 9.47 Å². The Hall–Kier alpha value is -0.870. The van der Waals surface area contributed by atoms with Crippen LogP contribution in [0.1, 0.15) is 27.7 Å². The molecule has 0 amide bonds. The molecule has 0 aliphatic heterocycles. The number of esters is 1. The number of carbonyl (C=O) groups is 1. The van der Waals surface area contributed by atoms with Gasteiger partial charge in [0, 0.05) is 24.7 Å². The maximum Gasteiger partial charge on any atom is 0.330 e. The van der Waals surface area contributed by atoms with E-state index < -0.39 is 5.97 Å². The van der Waals surface area contributed by atoms with E-state index in [9.17, 15) is 4.79 Å². The average molecular weight is 243 g/mol. The van der Waals surface area contributed by atoms with Crippen LogP contribution in [0, 0.1) is 0 Å². The average Bonchev–Trinajstić information content (AvgIpc) is 2.26. The molecule has 0 aromatic heterocycles. The third-order valence-electron chi connectivity index (χ3n) is 2.46. The molecule has 0 aromatic carbocycles. The lowest BCUT2D eigenvalue weighted by molar-refractivity contribution is -0.139. The van der Waals surface area contributed by atoms with Crippen LogP contribution in [0.15, 0.2) is 12.7 Å². The Morgan fingerprint density at radius 3 is 2.24 bits per heavy atom. The first-order valence-corrected chi connectivity index (χ1v) is 6.11. The summed E-state index contributed by atoms with van der Waals surface area (Å²) in [4.78, 5) is 13.1. The number of hydrogen-bond acceptors (Lipinski definition) is 4. The predicted molar refractivity (Wildman–Crippen MR) is 69.0 cm³/mol. The van der Waals surface area contributed by atoms with Crippen LogP contribution in [0.25, 0.3) is 0 Å². The second-order valence-corrected chi connectivity index (χ2v) is 4.41. The molecule has 0 fully saturated rings. The van der Waals surface area contributed by atoms with Gasteiger partial charge in [-0.05, 0) is 27.7 Å². The number of nitrogens with zero attached hydrogens (tertiary/aromatic N) is 1. The largest absolute Gasteiger partial charge is 0.460 e. The molecule has 0 radical (unpaired) electrons. The summed E-state index contributed by atoms with van der Waals surface area (Å²) in [6.07, 6.45) is 1.15. The van der Waals surface area contributed by atoms with E-state index in [1.54, 1.807) is 0 Å². The molecule has 0 aromatic rings.